The van der Waals surface area contributed by atoms with E-state index in [4.69, 9.17) is 9.47 Å². The normalized spacial score (nSPS) is 20.3. The lowest BCUT2D eigenvalue weighted by Crippen LogP contribution is -2.52. The molecule has 9 heteroatoms. The Kier molecular flexibility index (Phi) is 8.77. The minimum absolute atomic E-state index is 0.0836. The van der Waals surface area contributed by atoms with Crippen LogP contribution in [-0.2, 0) is 16.1 Å². The summed E-state index contributed by atoms with van der Waals surface area (Å²) in [5.74, 6) is -0.522. The van der Waals surface area contributed by atoms with E-state index in [0.29, 0.717) is 17.2 Å². The second-order valence-electron chi connectivity index (χ2n) is 11.5. The van der Waals surface area contributed by atoms with E-state index >= 15 is 0 Å². The molecule has 3 heterocycles. The molecule has 0 aliphatic carbocycles. The number of piperidine rings is 3. The number of benzene rings is 3. The minimum Gasteiger partial charge on any atom is -0.489 e. The van der Waals surface area contributed by atoms with Gasteiger partial charge < -0.3 is 25.2 Å². The molecule has 0 saturated carbocycles. The van der Waals surface area contributed by atoms with Crippen molar-refractivity contribution in [3.63, 3.8) is 0 Å². The van der Waals surface area contributed by atoms with Crippen molar-refractivity contribution in [3.8, 4) is 5.75 Å². The number of aliphatic carboxylic acids is 1. The molecule has 3 aliphatic heterocycles. The number of carbonyl (C=O) groups is 3. The summed E-state index contributed by atoms with van der Waals surface area (Å²) < 4.78 is 12.0. The molecule has 3 aromatic carbocycles. The fraction of sp³-hybridized carbons (Fsp3) is 0.364. The number of carboxylic acids is 1. The van der Waals surface area contributed by atoms with Crippen molar-refractivity contribution in [2.45, 2.75) is 51.0 Å². The van der Waals surface area contributed by atoms with Crippen LogP contribution in [0.5, 0.6) is 5.75 Å². The van der Waals surface area contributed by atoms with Gasteiger partial charge in [-0.25, -0.2) is 9.59 Å². The molecule has 2 atom stereocenters. The van der Waals surface area contributed by atoms with Crippen molar-refractivity contribution in [2.24, 2.45) is 5.92 Å². The zero-order valence-corrected chi connectivity index (χ0v) is 23.9. The maximum Gasteiger partial charge on any atom is 0.408 e. The number of ether oxygens (including phenoxy) is 2. The zero-order chi connectivity index (χ0) is 29.7. The summed E-state index contributed by atoms with van der Waals surface area (Å²) in [5.41, 5.74) is 1.61. The molecular formula is C33H37N3O6. The van der Waals surface area contributed by atoms with Gasteiger partial charge in [-0.05, 0) is 86.7 Å². The molecule has 3 aliphatic rings. The molecule has 0 aromatic heterocycles. The summed E-state index contributed by atoms with van der Waals surface area (Å²) in [4.78, 5) is 39.2. The van der Waals surface area contributed by atoms with Gasteiger partial charge in [0, 0.05) is 12.1 Å². The Bertz CT molecular complexity index is 1400. The van der Waals surface area contributed by atoms with Crippen LogP contribution in [0.25, 0.3) is 0 Å². The zero-order valence-electron chi connectivity index (χ0n) is 23.9. The number of nitrogens with one attached hydrogen (secondary N) is 2. The third-order valence-electron chi connectivity index (χ3n) is 8.02. The van der Waals surface area contributed by atoms with Gasteiger partial charge in [-0.2, -0.15) is 0 Å². The molecule has 3 saturated heterocycles. The van der Waals surface area contributed by atoms with Crippen LogP contribution < -0.4 is 15.4 Å². The van der Waals surface area contributed by atoms with Gasteiger partial charge in [0.25, 0.3) is 5.91 Å². The topological polar surface area (TPSA) is 117 Å². The third-order valence-corrected chi connectivity index (χ3v) is 8.02. The summed E-state index contributed by atoms with van der Waals surface area (Å²) in [6.45, 7) is 6.08. The SMILES string of the molecule is CC(C)(NC(=O)c1ccc(COc2cccc(C(NC(=O)O[C@H]3CN4CCC3CC4)c3ccccc3)c2)cc1)C(=O)O. The molecule has 3 N–H and O–H groups in total. The predicted octanol–water partition coefficient (Wildman–Crippen LogP) is 4.77. The summed E-state index contributed by atoms with van der Waals surface area (Å²) in [7, 11) is 0. The average molecular weight is 572 g/mol. The highest BCUT2D eigenvalue weighted by Crippen LogP contribution is 2.30. The van der Waals surface area contributed by atoms with Crippen LogP contribution in [0.2, 0.25) is 0 Å². The maximum atomic E-state index is 13.1. The first-order valence-electron chi connectivity index (χ1n) is 14.3. The van der Waals surface area contributed by atoms with Gasteiger partial charge in [-0.15, -0.1) is 0 Å². The van der Waals surface area contributed by atoms with Crippen molar-refractivity contribution in [3.05, 3.63) is 101 Å². The number of rotatable bonds is 10. The van der Waals surface area contributed by atoms with Gasteiger partial charge in [0.1, 0.15) is 24.0 Å². The quantitative estimate of drug-likeness (QED) is 0.321. The molecule has 9 nitrogen and oxygen atoms in total. The Balaban J connectivity index is 1.24. The van der Waals surface area contributed by atoms with E-state index in [0.717, 1.165) is 49.2 Å². The van der Waals surface area contributed by atoms with Crippen LogP contribution in [0.4, 0.5) is 4.79 Å². The Labute approximate surface area is 245 Å². The number of carbonyl (C=O) groups excluding carboxylic acids is 2. The van der Waals surface area contributed by atoms with E-state index in [1.807, 2.05) is 54.6 Å². The van der Waals surface area contributed by atoms with Gasteiger partial charge in [0.05, 0.1) is 6.04 Å². The van der Waals surface area contributed by atoms with Crippen LogP contribution in [0.3, 0.4) is 0 Å². The number of hydrogen-bond acceptors (Lipinski definition) is 6. The third kappa shape index (κ3) is 7.09. The number of alkyl carbamates (subject to hydrolysis) is 1. The van der Waals surface area contributed by atoms with E-state index in [9.17, 15) is 19.5 Å². The monoisotopic (exact) mass is 571 g/mol. The van der Waals surface area contributed by atoms with Crippen molar-refractivity contribution in [2.75, 3.05) is 19.6 Å². The largest absolute Gasteiger partial charge is 0.489 e. The number of hydrogen-bond donors (Lipinski definition) is 3. The van der Waals surface area contributed by atoms with Gasteiger partial charge in [0.15, 0.2) is 0 Å². The molecule has 3 fully saturated rings. The fourth-order valence-corrected chi connectivity index (χ4v) is 5.45. The van der Waals surface area contributed by atoms with Gasteiger partial charge in [0.2, 0.25) is 0 Å². The lowest BCUT2D eigenvalue weighted by atomic mass is 9.86. The van der Waals surface area contributed by atoms with Crippen molar-refractivity contribution in [1.29, 1.82) is 0 Å². The van der Waals surface area contributed by atoms with Crippen molar-refractivity contribution >= 4 is 18.0 Å². The Morgan fingerprint density at radius 1 is 0.952 bits per heavy atom. The van der Waals surface area contributed by atoms with Gasteiger partial charge >= 0.3 is 12.1 Å². The number of nitrogens with zero attached hydrogens (tertiary/aromatic N) is 1. The second-order valence-corrected chi connectivity index (χ2v) is 11.5. The van der Waals surface area contributed by atoms with E-state index in [-0.39, 0.29) is 12.7 Å². The Morgan fingerprint density at radius 3 is 2.29 bits per heavy atom. The van der Waals surface area contributed by atoms with Crippen LogP contribution >= 0.6 is 0 Å². The molecule has 3 aromatic rings. The number of amides is 2. The molecule has 2 bridgehead atoms. The van der Waals surface area contributed by atoms with E-state index < -0.39 is 29.6 Å². The molecule has 1 unspecified atom stereocenters. The molecule has 6 rings (SSSR count). The Hall–Kier alpha value is -4.37. The summed E-state index contributed by atoms with van der Waals surface area (Å²) >= 11 is 0. The highest BCUT2D eigenvalue weighted by Gasteiger charge is 2.37. The maximum absolute atomic E-state index is 13.1. The highest BCUT2D eigenvalue weighted by molar-refractivity contribution is 5.97. The van der Waals surface area contributed by atoms with Crippen molar-refractivity contribution in [1.82, 2.24) is 15.5 Å². The lowest BCUT2D eigenvalue weighted by Gasteiger charge is -2.43. The predicted molar refractivity (Wildman–Crippen MR) is 157 cm³/mol. The van der Waals surface area contributed by atoms with Crippen molar-refractivity contribution < 1.29 is 29.0 Å². The van der Waals surface area contributed by atoms with E-state index in [1.54, 1.807) is 24.3 Å². The first-order chi connectivity index (χ1) is 20.2. The standard InChI is InChI=1S/C33H37N3O6/c1-33(2,31(38)39)35-30(37)25-13-11-22(12-14-25)21-41-27-10-6-9-26(19-27)29(24-7-4-3-5-8-24)34-32(40)42-28-20-36-17-15-23(28)16-18-36/h3-14,19,23,28-29H,15-18,20-21H2,1-2H3,(H,34,40)(H,35,37)(H,38,39)/t28-,29?/m0/s1. The molecule has 0 spiro atoms. The number of fused-ring (bicyclic) bond motifs is 3. The first kappa shape index (κ1) is 29.1. The van der Waals surface area contributed by atoms with Crippen LogP contribution in [0, 0.1) is 5.92 Å². The summed E-state index contributed by atoms with van der Waals surface area (Å²) in [6.07, 6.45) is 1.63. The van der Waals surface area contributed by atoms with E-state index in [2.05, 4.69) is 15.5 Å². The molecule has 2 amide bonds. The Morgan fingerprint density at radius 2 is 1.64 bits per heavy atom. The van der Waals surface area contributed by atoms with Crippen LogP contribution in [0.15, 0.2) is 78.9 Å². The smallest absolute Gasteiger partial charge is 0.408 e. The van der Waals surface area contributed by atoms with Gasteiger partial charge in [-0.1, -0.05) is 54.6 Å². The summed E-state index contributed by atoms with van der Waals surface area (Å²) in [5, 5.41) is 14.8. The first-order valence-corrected chi connectivity index (χ1v) is 14.3. The number of carboxylic acid groups (broad SMARTS) is 1. The minimum atomic E-state index is -1.37. The van der Waals surface area contributed by atoms with Crippen LogP contribution in [-0.4, -0.2) is 59.3 Å². The van der Waals surface area contributed by atoms with E-state index in [1.165, 1.54) is 13.8 Å². The molecule has 42 heavy (non-hydrogen) atoms. The highest BCUT2D eigenvalue weighted by atomic mass is 16.6. The van der Waals surface area contributed by atoms with Crippen LogP contribution in [0.1, 0.15) is 59.8 Å². The molecule has 0 radical (unpaired) electrons. The summed E-state index contributed by atoms with van der Waals surface area (Å²) in [6, 6.07) is 23.8. The molecule has 220 valence electrons. The lowest BCUT2D eigenvalue weighted by molar-refractivity contribution is -0.143. The van der Waals surface area contributed by atoms with Gasteiger partial charge in [-0.3, -0.25) is 9.69 Å². The fourth-order valence-electron chi connectivity index (χ4n) is 5.45. The second kappa shape index (κ2) is 12.7. The molecular weight excluding hydrogens is 534 g/mol. The average Bonchev–Trinajstić information content (AvgIpc) is 3.00.